The molecule has 0 saturated heterocycles. The minimum absolute atomic E-state index is 0.319. The molecule has 0 aliphatic rings. The number of nitrogens with two attached hydrogens (primary N) is 1. The summed E-state index contributed by atoms with van der Waals surface area (Å²) >= 11 is 0. The summed E-state index contributed by atoms with van der Waals surface area (Å²) in [5.41, 5.74) is 5.49. The third-order valence-corrected chi connectivity index (χ3v) is 2.74. The van der Waals surface area contributed by atoms with Crippen molar-refractivity contribution in [1.82, 2.24) is 9.97 Å². The fraction of sp³-hybridized carbons (Fsp3) is 0.154. The number of nitrogen functional groups attached to an aromatic ring is 1. The first-order valence-corrected chi connectivity index (χ1v) is 5.72. The van der Waals surface area contributed by atoms with Crippen LogP contribution in [0, 0.1) is 25.2 Å². The van der Waals surface area contributed by atoms with Crippen LogP contribution in [0.1, 0.15) is 16.7 Å². The Labute approximate surface area is 111 Å². The van der Waals surface area contributed by atoms with Gasteiger partial charge in [-0.05, 0) is 25.5 Å². The lowest BCUT2D eigenvalue weighted by molar-refractivity contribution is 1.09. The summed E-state index contributed by atoms with van der Waals surface area (Å²) < 4.78 is 0. The van der Waals surface area contributed by atoms with E-state index < -0.39 is 0 Å². The van der Waals surface area contributed by atoms with Crippen molar-refractivity contribution in [3.63, 3.8) is 0 Å². The van der Waals surface area contributed by atoms with E-state index in [-0.39, 0.29) is 0 Å². The molecule has 1 aromatic heterocycles. The first-order valence-electron chi connectivity index (χ1n) is 5.72. The van der Waals surface area contributed by atoms with Crippen molar-refractivity contribution in [3.8, 4) is 6.07 Å². The highest BCUT2D eigenvalue weighted by atomic mass is 15.3. The molecule has 0 bridgehead atoms. The number of nitrogens with one attached hydrogen (secondary N) is 2. The number of hydrazine groups is 1. The van der Waals surface area contributed by atoms with Gasteiger partial charge < -0.3 is 5.32 Å². The molecule has 96 valence electrons. The number of hydrogen-bond donors (Lipinski definition) is 3. The minimum atomic E-state index is 0.319. The second-order valence-corrected chi connectivity index (χ2v) is 4.10. The van der Waals surface area contributed by atoms with Crippen molar-refractivity contribution in [2.24, 2.45) is 5.84 Å². The Morgan fingerprint density at radius 1 is 1.26 bits per heavy atom. The molecule has 0 aliphatic heterocycles. The van der Waals surface area contributed by atoms with Gasteiger partial charge >= 0.3 is 0 Å². The number of nitrogens with zero attached hydrogens (tertiary/aromatic N) is 3. The number of rotatable bonds is 3. The van der Waals surface area contributed by atoms with Crippen LogP contribution in [0.5, 0.6) is 0 Å². The van der Waals surface area contributed by atoms with Crippen molar-refractivity contribution in [2.45, 2.75) is 13.8 Å². The van der Waals surface area contributed by atoms with Gasteiger partial charge in [-0.25, -0.2) is 10.8 Å². The lowest BCUT2D eigenvalue weighted by Crippen LogP contribution is -2.12. The second-order valence-electron chi connectivity index (χ2n) is 4.10. The SMILES string of the molecule is Cc1cnc(NN)nc1Nc1cccc(C)c1C#N. The number of aryl methyl sites for hydroxylation is 2. The zero-order valence-corrected chi connectivity index (χ0v) is 10.7. The monoisotopic (exact) mass is 254 g/mol. The van der Waals surface area contributed by atoms with Gasteiger partial charge in [0.15, 0.2) is 0 Å². The number of anilines is 3. The number of benzene rings is 1. The molecule has 0 radical (unpaired) electrons. The van der Waals surface area contributed by atoms with Crippen LogP contribution < -0.4 is 16.6 Å². The van der Waals surface area contributed by atoms with Crippen molar-refractivity contribution in [3.05, 3.63) is 41.1 Å². The zero-order chi connectivity index (χ0) is 13.8. The molecule has 1 heterocycles. The molecule has 4 N–H and O–H groups in total. The van der Waals surface area contributed by atoms with E-state index >= 15 is 0 Å². The van der Waals surface area contributed by atoms with Gasteiger partial charge in [-0.15, -0.1) is 0 Å². The number of nitriles is 1. The second kappa shape index (κ2) is 5.33. The van der Waals surface area contributed by atoms with E-state index in [0.717, 1.165) is 11.1 Å². The summed E-state index contributed by atoms with van der Waals surface area (Å²) in [6, 6.07) is 7.80. The molecule has 19 heavy (non-hydrogen) atoms. The summed E-state index contributed by atoms with van der Waals surface area (Å²) in [5.74, 6) is 6.22. The first-order chi connectivity index (χ1) is 9.15. The molecule has 0 unspecified atom stereocenters. The fourth-order valence-corrected chi connectivity index (χ4v) is 1.69. The van der Waals surface area contributed by atoms with Gasteiger partial charge in [0.05, 0.1) is 11.3 Å². The van der Waals surface area contributed by atoms with Gasteiger partial charge in [0.25, 0.3) is 0 Å². The molecule has 6 nitrogen and oxygen atoms in total. The van der Waals surface area contributed by atoms with Crippen molar-refractivity contribution >= 4 is 17.5 Å². The van der Waals surface area contributed by atoms with Gasteiger partial charge in [-0.1, -0.05) is 12.1 Å². The summed E-state index contributed by atoms with van der Waals surface area (Å²) in [7, 11) is 0. The largest absolute Gasteiger partial charge is 0.339 e. The Balaban J connectivity index is 2.42. The molecule has 0 fully saturated rings. The third kappa shape index (κ3) is 2.61. The topological polar surface area (TPSA) is 99.7 Å². The standard InChI is InChI=1S/C13H14N6/c1-8-4-3-5-11(10(8)6-14)17-12-9(2)7-16-13(18-12)19-15/h3-5,7H,15H2,1-2H3,(H2,16,17,18,19). The predicted octanol–water partition coefficient (Wildman–Crippen LogP) is 1.99. The van der Waals surface area contributed by atoms with Crippen LogP contribution in [0.4, 0.5) is 17.5 Å². The fourth-order valence-electron chi connectivity index (χ4n) is 1.69. The molecule has 0 amide bonds. The maximum Gasteiger partial charge on any atom is 0.239 e. The highest BCUT2D eigenvalue weighted by Crippen LogP contribution is 2.24. The van der Waals surface area contributed by atoms with Crippen LogP contribution in [0.25, 0.3) is 0 Å². The van der Waals surface area contributed by atoms with Gasteiger partial charge in [0.1, 0.15) is 11.9 Å². The molecular formula is C13H14N6. The van der Waals surface area contributed by atoms with Crippen LogP contribution in [0.15, 0.2) is 24.4 Å². The third-order valence-electron chi connectivity index (χ3n) is 2.74. The van der Waals surface area contributed by atoms with E-state index in [9.17, 15) is 5.26 Å². The molecule has 1 aromatic carbocycles. The Morgan fingerprint density at radius 2 is 2.05 bits per heavy atom. The van der Waals surface area contributed by atoms with Crippen LogP contribution in [-0.2, 0) is 0 Å². The predicted molar refractivity (Wildman–Crippen MR) is 73.8 cm³/mol. The van der Waals surface area contributed by atoms with Crippen LogP contribution in [0.2, 0.25) is 0 Å². The molecule has 0 saturated carbocycles. The van der Waals surface area contributed by atoms with Gasteiger partial charge in [-0.2, -0.15) is 10.2 Å². The normalized spacial score (nSPS) is 9.79. The van der Waals surface area contributed by atoms with Crippen molar-refractivity contribution in [1.29, 1.82) is 5.26 Å². The zero-order valence-electron chi connectivity index (χ0n) is 10.7. The van der Waals surface area contributed by atoms with Crippen molar-refractivity contribution in [2.75, 3.05) is 10.7 Å². The summed E-state index contributed by atoms with van der Waals surface area (Å²) in [5, 5.41) is 12.3. The molecule has 0 atom stereocenters. The van der Waals surface area contributed by atoms with E-state index in [0.29, 0.717) is 23.0 Å². The Morgan fingerprint density at radius 3 is 2.74 bits per heavy atom. The summed E-state index contributed by atoms with van der Waals surface area (Å²) in [6.45, 7) is 3.77. The summed E-state index contributed by atoms with van der Waals surface area (Å²) in [6.07, 6.45) is 1.66. The number of hydrogen-bond acceptors (Lipinski definition) is 6. The smallest absolute Gasteiger partial charge is 0.239 e. The maximum absolute atomic E-state index is 9.19. The quantitative estimate of drug-likeness (QED) is 0.572. The van der Waals surface area contributed by atoms with E-state index in [4.69, 9.17) is 5.84 Å². The molecule has 6 heteroatoms. The molecule has 0 spiro atoms. The Hall–Kier alpha value is -2.65. The van der Waals surface area contributed by atoms with Crippen LogP contribution >= 0.6 is 0 Å². The number of aromatic nitrogens is 2. The molecule has 2 rings (SSSR count). The highest BCUT2D eigenvalue weighted by molar-refractivity contribution is 5.68. The van der Waals surface area contributed by atoms with E-state index in [2.05, 4.69) is 26.8 Å². The van der Waals surface area contributed by atoms with E-state index in [1.165, 1.54) is 0 Å². The average Bonchev–Trinajstić information content (AvgIpc) is 2.41. The van der Waals surface area contributed by atoms with Gasteiger partial charge in [0, 0.05) is 11.8 Å². The van der Waals surface area contributed by atoms with Gasteiger partial charge in [0.2, 0.25) is 5.95 Å². The Bertz CT molecular complexity index is 644. The average molecular weight is 254 g/mol. The Kier molecular flexibility index (Phi) is 3.59. The van der Waals surface area contributed by atoms with E-state index in [1.807, 2.05) is 32.0 Å². The lowest BCUT2D eigenvalue weighted by atomic mass is 10.1. The highest BCUT2D eigenvalue weighted by Gasteiger charge is 2.08. The van der Waals surface area contributed by atoms with Gasteiger partial charge in [-0.3, -0.25) is 5.43 Å². The lowest BCUT2D eigenvalue weighted by Gasteiger charge is -2.11. The van der Waals surface area contributed by atoms with E-state index in [1.54, 1.807) is 6.20 Å². The molecular weight excluding hydrogens is 240 g/mol. The van der Waals surface area contributed by atoms with Crippen LogP contribution in [-0.4, -0.2) is 9.97 Å². The maximum atomic E-state index is 9.19. The van der Waals surface area contributed by atoms with Crippen LogP contribution in [0.3, 0.4) is 0 Å². The summed E-state index contributed by atoms with van der Waals surface area (Å²) in [4.78, 5) is 8.23. The first kappa shape index (κ1) is 12.8. The van der Waals surface area contributed by atoms with Crippen molar-refractivity contribution < 1.29 is 0 Å². The minimum Gasteiger partial charge on any atom is -0.339 e. The molecule has 0 aliphatic carbocycles. The molecule has 2 aromatic rings.